The lowest BCUT2D eigenvalue weighted by Gasteiger charge is -2.30. The zero-order chi connectivity index (χ0) is 49.4. The van der Waals surface area contributed by atoms with Crippen LogP contribution in [0.2, 0.25) is 0 Å². The molecule has 3 rings (SSSR count). The standard InChI is InChI=1S/C41H60N10O14S/c1-20(44-38(62)30-13-9-15-51(30)41(65)27(18-52)47-39(63)29-12-8-14-50(29)23(4)54)34(58)43-21(2)35(59)49-32(22(3)53)40(64)48-28(19-66)37(61)46-26(17-31(55)56)36(60)45-25(33(42)57)16-24-10-6-5-7-11-24/h5-7,10-11,20-22,25-30,32,52-53,66H,8-9,12-19H2,1-4H3,(H2,42,57)(H,43,58)(H,44,62)(H,45,60)(H,46,61)(H,47,63)(H,48,64)(H,49,59)(H,55,56)/t20-,21-,22+,25-,26-,27-,28-,29-,30-,32-/m0/s1. The van der Waals surface area contributed by atoms with E-state index in [1.165, 1.54) is 30.6 Å². The van der Waals surface area contributed by atoms with Gasteiger partial charge in [-0.05, 0) is 52.0 Å². The van der Waals surface area contributed by atoms with Gasteiger partial charge in [0.05, 0.1) is 19.1 Å². The molecule has 2 fully saturated rings. The first-order valence-corrected chi connectivity index (χ1v) is 21.9. The Morgan fingerprint density at radius 1 is 0.682 bits per heavy atom. The summed E-state index contributed by atoms with van der Waals surface area (Å²) in [5.41, 5.74) is 6.09. The number of carbonyl (C=O) groups excluding carboxylic acids is 10. The number of nitrogens with two attached hydrogens (primary N) is 1. The van der Waals surface area contributed by atoms with Crippen molar-refractivity contribution in [3.05, 3.63) is 35.9 Å². The molecule has 2 heterocycles. The molecule has 2 aliphatic heterocycles. The number of hydrogen-bond acceptors (Lipinski definition) is 14. The molecule has 66 heavy (non-hydrogen) atoms. The molecule has 12 N–H and O–H groups in total. The van der Waals surface area contributed by atoms with Crippen molar-refractivity contribution in [3.63, 3.8) is 0 Å². The van der Waals surface area contributed by atoms with E-state index in [0.29, 0.717) is 31.4 Å². The largest absolute Gasteiger partial charge is 0.481 e. The number of benzene rings is 1. The molecule has 24 nitrogen and oxygen atoms in total. The van der Waals surface area contributed by atoms with E-state index in [0.717, 1.165) is 6.92 Å². The summed E-state index contributed by atoms with van der Waals surface area (Å²) in [6.07, 6.45) is -1.02. The molecule has 0 aromatic heterocycles. The van der Waals surface area contributed by atoms with Crippen LogP contribution in [0, 0.1) is 0 Å². The number of primary amides is 1. The average molecular weight is 949 g/mol. The summed E-state index contributed by atoms with van der Waals surface area (Å²) in [7, 11) is 0. The van der Waals surface area contributed by atoms with Crippen LogP contribution in [0.3, 0.4) is 0 Å². The number of nitrogens with one attached hydrogen (secondary N) is 7. The van der Waals surface area contributed by atoms with Gasteiger partial charge in [0.2, 0.25) is 59.1 Å². The number of carboxylic acid groups (broad SMARTS) is 1. The van der Waals surface area contributed by atoms with Gasteiger partial charge < -0.3 is 68.1 Å². The number of rotatable bonds is 23. The van der Waals surface area contributed by atoms with Crippen molar-refractivity contribution in [2.45, 2.75) is 127 Å². The van der Waals surface area contributed by atoms with Crippen LogP contribution in [0.1, 0.15) is 65.4 Å². The quantitative estimate of drug-likeness (QED) is 0.0457. The van der Waals surface area contributed by atoms with Gasteiger partial charge in [0.25, 0.3) is 0 Å². The molecular weight excluding hydrogens is 889 g/mol. The first kappa shape index (κ1) is 54.0. The Morgan fingerprint density at radius 3 is 1.74 bits per heavy atom. The van der Waals surface area contributed by atoms with Crippen molar-refractivity contribution in [2.75, 3.05) is 25.4 Å². The minimum atomic E-state index is -1.75. The number of aliphatic carboxylic acids is 1. The SMILES string of the molecule is CC(=O)N1CCC[C@H]1C(=O)N[C@@H](CO)C(=O)N1CCC[C@H]1C(=O)N[C@@H](C)C(=O)N[C@@H](C)C(=O)N[C@H](C(=O)N[C@@H](CS)C(=O)N[C@@H](CC(=O)O)C(=O)N[C@@H](Cc1ccccc1)C(N)=O)[C@@H](C)O. The van der Waals surface area contributed by atoms with Crippen molar-refractivity contribution in [1.29, 1.82) is 0 Å². The smallest absolute Gasteiger partial charge is 0.305 e. The number of carbonyl (C=O) groups is 11. The Balaban J connectivity index is 1.57. The van der Waals surface area contributed by atoms with E-state index in [1.54, 1.807) is 30.3 Å². The van der Waals surface area contributed by atoms with Crippen LogP contribution < -0.4 is 43.0 Å². The number of nitrogens with zero attached hydrogens (tertiary/aromatic N) is 2. The van der Waals surface area contributed by atoms with Crippen molar-refractivity contribution in [3.8, 4) is 0 Å². The summed E-state index contributed by atoms with van der Waals surface area (Å²) >= 11 is 4.07. The number of aliphatic hydroxyl groups is 2. The van der Waals surface area contributed by atoms with Crippen molar-refractivity contribution in [1.82, 2.24) is 47.0 Å². The highest BCUT2D eigenvalue weighted by atomic mass is 32.1. The molecule has 2 saturated heterocycles. The van der Waals surface area contributed by atoms with E-state index < -0.39 is 138 Å². The van der Waals surface area contributed by atoms with Gasteiger partial charge in [-0.3, -0.25) is 52.7 Å². The third-order valence-electron chi connectivity index (χ3n) is 10.9. The van der Waals surface area contributed by atoms with Crippen LogP contribution in [-0.4, -0.2) is 176 Å². The van der Waals surface area contributed by atoms with Crippen LogP contribution in [0.5, 0.6) is 0 Å². The maximum absolute atomic E-state index is 13.4. The third kappa shape index (κ3) is 15.4. The summed E-state index contributed by atoms with van der Waals surface area (Å²) in [5, 5.41) is 46.3. The Bertz CT molecular complexity index is 1980. The lowest BCUT2D eigenvalue weighted by molar-refractivity contribution is -0.144. The molecule has 10 amide bonds. The molecule has 0 bridgehead atoms. The first-order chi connectivity index (χ1) is 31.1. The second kappa shape index (κ2) is 25.4. The van der Waals surface area contributed by atoms with Gasteiger partial charge in [-0.15, -0.1) is 0 Å². The molecule has 0 saturated carbocycles. The second-order valence-electron chi connectivity index (χ2n) is 16.0. The van der Waals surface area contributed by atoms with Gasteiger partial charge >= 0.3 is 5.97 Å². The van der Waals surface area contributed by atoms with Crippen LogP contribution >= 0.6 is 12.6 Å². The van der Waals surface area contributed by atoms with Gasteiger partial charge in [0.1, 0.15) is 54.4 Å². The number of carboxylic acids is 1. The Morgan fingerprint density at radius 2 is 1.20 bits per heavy atom. The predicted molar refractivity (Wildman–Crippen MR) is 234 cm³/mol. The minimum Gasteiger partial charge on any atom is -0.481 e. The summed E-state index contributed by atoms with van der Waals surface area (Å²) in [6, 6.07) is -3.82. The van der Waals surface area contributed by atoms with Crippen molar-refractivity contribution >= 4 is 77.7 Å². The zero-order valence-electron chi connectivity index (χ0n) is 37.0. The monoisotopic (exact) mass is 948 g/mol. The molecule has 1 aromatic rings. The van der Waals surface area contributed by atoms with Crippen LogP contribution in [0.4, 0.5) is 0 Å². The summed E-state index contributed by atoms with van der Waals surface area (Å²) in [6.45, 7) is 4.71. The maximum Gasteiger partial charge on any atom is 0.305 e. The minimum absolute atomic E-state index is 0.0409. The predicted octanol–water partition coefficient (Wildman–Crippen LogP) is -5.07. The van der Waals surface area contributed by atoms with E-state index in [4.69, 9.17) is 5.73 Å². The normalized spacial score (nSPS) is 19.3. The lowest BCUT2D eigenvalue weighted by atomic mass is 10.0. The molecular formula is C41H60N10O14S. The van der Waals surface area contributed by atoms with E-state index in [-0.39, 0.29) is 25.3 Å². The molecule has 0 spiro atoms. The van der Waals surface area contributed by atoms with Crippen molar-refractivity contribution in [2.24, 2.45) is 5.73 Å². The molecule has 0 radical (unpaired) electrons. The van der Waals surface area contributed by atoms with E-state index in [1.807, 2.05) is 0 Å². The fraction of sp³-hybridized carbons (Fsp3) is 0.585. The summed E-state index contributed by atoms with van der Waals surface area (Å²) in [5.74, 6) is -10.4. The molecule has 10 atom stereocenters. The van der Waals surface area contributed by atoms with Crippen LogP contribution in [0.15, 0.2) is 30.3 Å². The maximum atomic E-state index is 13.4. The van der Waals surface area contributed by atoms with Gasteiger partial charge in [0.15, 0.2) is 0 Å². The highest BCUT2D eigenvalue weighted by molar-refractivity contribution is 7.80. The fourth-order valence-corrected chi connectivity index (χ4v) is 7.55. The highest BCUT2D eigenvalue weighted by Gasteiger charge is 2.41. The second-order valence-corrected chi connectivity index (χ2v) is 16.4. The number of aliphatic hydroxyl groups excluding tert-OH is 2. The topological polar surface area (TPSA) is 365 Å². The highest BCUT2D eigenvalue weighted by Crippen LogP contribution is 2.21. The average Bonchev–Trinajstić information content (AvgIpc) is 3.97. The zero-order valence-corrected chi connectivity index (χ0v) is 37.9. The van der Waals surface area contributed by atoms with E-state index >= 15 is 0 Å². The Kier molecular flexibility index (Phi) is 20.8. The van der Waals surface area contributed by atoms with Gasteiger partial charge in [-0.25, -0.2) is 0 Å². The van der Waals surface area contributed by atoms with Gasteiger partial charge in [-0.1, -0.05) is 30.3 Å². The molecule has 1 aromatic carbocycles. The number of hydrogen-bond donors (Lipinski definition) is 12. The van der Waals surface area contributed by atoms with Gasteiger partial charge in [0, 0.05) is 32.2 Å². The van der Waals surface area contributed by atoms with E-state index in [2.05, 4.69) is 49.8 Å². The number of amides is 10. The fourth-order valence-electron chi connectivity index (χ4n) is 7.29. The van der Waals surface area contributed by atoms with Crippen LogP contribution in [-0.2, 0) is 59.2 Å². The number of thiol groups is 1. The molecule has 0 unspecified atom stereocenters. The summed E-state index contributed by atoms with van der Waals surface area (Å²) in [4.78, 5) is 144. The molecule has 364 valence electrons. The Hall–Kier alpha value is -6.34. The van der Waals surface area contributed by atoms with Crippen LogP contribution in [0.25, 0.3) is 0 Å². The van der Waals surface area contributed by atoms with Crippen molar-refractivity contribution < 1.29 is 68.1 Å². The third-order valence-corrected chi connectivity index (χ3v) is 11.3. The number of likely N-dealkylation sites (tertiary alicyclic amines) is 2. The van der Waals surface area contributed by atoms with Gasteiger partial charge in [-0.2, -0.15) is 12.6 Å². The Labute approximate surface area is 385 Å². The lowest BCUT2D eigenvalue weighted by Crippen LogP contribution is -2.62. The van der Waals surface area contributed by atoms with E-state index in [9.17, 15) is 68.1 Å². The molecule has 25 heteroatoms. The molecule has 2 aliphatic rings. The first-order valence-electron chi connectivity index (χ1n) is 21.2. The molecule has 0 aliphatic carbocycles. The summed E-state index contributed by atoms with van der Waals surface area (Å²) < 4.78 is 0.